The lowest BCUT2D eigenvalue weighted by Crippen LogP contribution is -2.38. The average molecular weight is 652 g/mol. The molecule has 1 N–H and O–H groups in total. The fourth-order valence-corrected chi connectivity index (χ4v) is 5.84. The minimum Gasteiger partial charge on any atom is -0.369 e. The minimum absolute atomic E-state index is 0.00440. The Hall–Kier alpha value is -4.97. The van der Waals surface area contributed by atoms with E-state index in [1.54, 1.807) is 60.4 Å². The molecule has 6 rings (SSSR count). The first-order valence-corrected chi connectivity index (χ1v) is 14.9. The van der Waals surface area contributed by atoms with Crippen molar-refractivity contribution in [2.24, 2.45) is 13.0 Å². The maximum Gasteiger partial charge on any atom is 0.416 e. The maximum absolute atomic E-state index is 14.4. The van der Waals surface area contributed by atoms with Crippen LogP contribution in [0.4, 0.5) is 33.6 Å². The number of carbonyl (C=O) groups excluding carboxylic acids is 1. The SMILES string of the molecule is CC(C#N)CNc1cc(-c2cnccc2-c2nncn2C)cc(N2Cc3c(cc(CN4CCC(F)(F)CC4)cc3C(F)(F)F)C2=O)n1. The molecule has 4 aromatic rings. The molecule has 47 heavy (non-hydrogen) atoms. The highest BCUT2D eigenvalue weighted by atomic mass is 19.4. The zero-order valence-corrected chi connectivity index (χ0v) is 25.5. The van der Waals surface area contributed by atoms with Crippen LogP contribution in [-0.4, -0.2) is 61.1 Å². The van der Waals surface area contributed by atoms with E-state index in [4.69, 9.17) is 0 Å². The predicted molar refractivity (Wildman–Crippen MR) is 162 cm³/mol. The largest absolute Gasteiger partial charge is 0.416 e. The van der Waals surface area contributed by atoms with Crippen LogP contribution in [0.2, 0.25) is 0 Å². The zero-order valence-electron chi connectivity index (χ0n) is 25.5. The lowest BCUT2D eigenvalue weighted by Gasteiger charge is -2.31. The Morgan fingerprint density at radius 1 is 1.11 bits per heavy atom. The zero-order chi connectivity index (χ0) is 33.5. The summed E-state index contributed by atoms with van der Waals surface area (Å²) in [6.07, 6.45) is -0.775. The molecule has 244 valence electrons. The Morgan fingerprint density at radius 2 is 1.87 bits per heavy atom. The lowest BCUT2D eigenvalue weighted by atomic mass is 9.98. The monoisotopic (exact) mass is 651 g/mol. The Kier molecular flexibility index (Phi) is 8.39. The molecule has 3 aromatic heterocycles. The van der Waals surface area contributed by atoms with Gasteiger partial charge in [-0.05, 0) is 53.9 Å². The van der Waals surface area contributed by atoms with Gasteiger partial charge in [0.2, 0.25) is 0 Å². The van der Waals surface area contributed by atoms with Gasteiger partial charge in [-0.15, -0.1) is 10.2 Å². The topological polar surface area (TPSA) is 116 Å². The number of carbonyl (C=O) groups is 1. The second-order valence-electron chi connectivity index (χ2n) is 11.9. The second kappa shape index (κ2) is 12.3. The number of anilines is 2. The van der Waals surface area contributed by atoms with Gasteiger partial charge < -0.3 is 9.88 Å². The number of likely N-dealkylation sites (tertiary alicyclic amines) is 1. The number of amides is 1. The number of nitrogens with zero attached hydrogens (tertiary/aromatic N) is 8. The van der Waals surface area contributed by atoms with Crippen molar-refractivity contribution in [3.63, 3.8) is 0 Å². The average Bonchev–Trinajstić information content (AvgIpc) is 3.62. The number of aryl methyl sites for hydroxylation is 1. The molecule has 0 aliphatic carbocycles. The quantitative estimate of drug-likeness (QED) is 0.234. The lowest BCUT2D eigenvalue weighted by molar-refractivity contribution is -0.138. The number of nitrogens with one attached hydrogen (secondary N) is 1. The van der Waals surface area contributed by atoms with E-state index in [2.05, 4.69) is 31.6 Å². The highest BCUT2D eigenvalue weighted by Crippen LogP contribution is 2.41. The van der Waals surface area contributed by atoms with Crippen LogP contribution in [0, 0.1) is 17.2 Å². The van der Waals surface area contributed by atoms with Crippen molar-refractivity contribution in [1.82, 2.24) is 29.6 Å². The van der Waals surface area contributed by atoms with Crippen molar-refractivity contribution in [3.05, 3.63) is 71.3 Å². The van der Waals surface area contributed by atoms with E-state index in [-0.39, 0.29) is 74.0 Å². The Balaban J connectivity index is 1.40. The van der Waals surface area contributed by atoms with E-state index < -0.39 is 23.6 Å². The van der Waals surface area contributed by atoms with Crippen LogP contribution in [0.3, 0.4) is 0 Å². The Bertz CT molecular complexity index is 1860. The number of nitriles is 1. The number of hydrogen-bond acceptors (Lipinski definition) is 8. The molecule has 0 spiro atoms. The van der Waals surface area contributed by atoms with Gasteiger partial charge in [-0.1, -0.05) is 0 Å². The van der Waals surface area contributed by atoms with Crippen molar-refractivity contribution in [2.75, 3.05) is 29.9 Å². The summed E-state index contributed by atoms with van der Waals surface area (Å²) in [5.74, 6) is -2.91. The van der Waals surface area contributed by atoms with E-state index >= 15 is 0 Å². The van der Waals surface area contributed by atoms with Gasteiger partial charge in [-0.25, -0.2) is 13.8 Å². The van der Waals surface area contributed by atoms with Gasteiger partial charge in [0.05, 0.1) is 24.1 Å². The number of piperidine rings is 1. The first kappa shape index (κ1) is 32.0. The highest BCUT2D eigenvalue weighted by Gasteiger charge is 2.41. The molecule has 0 bridgehead atoms. The summed E-state index contributed by atoms with van der Waals surface area (Å²) in [4.78, 5) is 25.6. The summed E-state index contributed by atoms with van der Waals surface area (Å²) in [7, 11) is 1.78. The van der Waals surface area contributed by atoms with Gasteiger partial charge in [-0.2, -0.15) is 18.4 Å². The van der Waals surface area contributed by atoms with Crippen LogP contribution in [0.1, 0.15) is 46.8 Å². The molecule has 1 aromatic carbocycles. The van der Waals surface area contributed by atoms with Crippen molar-refractivity contribution < 1.29 is 26.7 Å². The molecule has 0 saturated carbocycles. The fourth-order valence-electron chi connectivity index (χ4n) is 5.84. The van der Waals surface area contributed by atoms with Gasteiger partial charge in [0.15, 0.2) is 5.82 Å². The van der Waals surface area contributed by atoms with Crippen LogP contribution in [-0.2, 0) is 26.3 Å². The van der Waals surface area contributed by atoms with Gasteiger partial charge in [0, 0.05) is 75.2 Å². The van der Waals surface area contributed by atoms with Crippen molar-refractivity contribution >= 4 is 17.5 Å². The normalized spacial score (nSPS) is 17.0. The van der Waals surface area contributed by atoms with E-state index in [1.807, 2.05) is 0 Å². The maximum atomic E-state index is 14.4. The summed E-state index contributed by atoms with van der Waals surface area (Å²) in [5, 5.41) is 20.6. The number of hydrogen-bond donors (Lipinski definition) is 1. The summed E-state index contributed by atoms with van der Waals surface area (Å²) in [6.45, 7) is 1.64. The van der Waals surface area contributed by atoms with Crippen LogP contribution in [0.25, 0.3) is 22.5 Å². The number of fused-ring (bicyclic) bond motifs is 1. The van der Waals surface area contributed by atoms with Crippen LogP contribution in [0.15, 0.2) is 49.1 Å². The number of rotatable bonds is 8. The molecule has 1 saturated heterocycles. The number of aromatic nitrogens is 5. The molecule has 1 fully saturated rings. The van der Waals surface area contributed by atoms with Crippen molar-refractivity contribution in [3.8, 4) is 28.6 Å². The number of halogens is 5. The van der Waals surface area contributed by atoms with Crippen molar-refractivity contribution in [2.45, 2.75) is 45.0 Å². The van der Waals surface area contributed by atoms with Crippen molar-refractivity contribution in [1.29, 1.82) is 5.26 Å². The first-order chi connectivity index (χ1) is 22.3. The van der Waals surface area contributed by atoms with Gasteiger partial charge >= 0.3 is 6.18 Å². The molecule has 1 amide bonds. The summed E-state index contributed by atoms with van der Waals surface area (Å²) in [6, 6.07) is 9.62. The van der Waals surface area contributed by atoms with Gasteiger partial charge in [0.25, 0.3) is 11.8 Å². The molecule has 2 aliphatic heterocycles. The predicted octanol–water partition coefficient (Wildman–Crippen LogP) is 5.92. The van der Waals surface area contributed by atoms with Gasteiger partial charge in [-0.3, -0.25) is 19.6 Å². The molecule has 15 heteroatoms. The molecule has 10 nitrogen and oxygen atoms in total. The summed E-state index contributed by atoms with van der Waals surface area (Å²) < 4.78 is 72.4. The van der Waals surface area contributed by atoms with E-state index in [0.717, 1.165) is 6.07 Å². The van der Waals surface area contributed by atoms with E-state index in [0.29, 0.717) is 28.3 Å². The third kappa shape index (κ3) is 6.64. The number of benzene rings is 1. The standard InChI is InChI=1S/C32H30F5N9O/c1-19(13-38)14-40-27-11-21(24-15-39-6-3-22(24)29-43-41-18-44(29)2)12-28(42-27)46-17-25-23(30(46)47)9-20(10-26(25)32(35,36)37)16-45-7-4-31(33,34)5-8-45/h3,6,9-12,15,18-19H,4-5,7-8,14,16-17H2,1-2H3,(H,40,42). The number of alkyl halides is 5. The number of pyridine rings is 2. The van der Waals surface area contributed by atoms with Crippen LogP contribution >= 0.6 is 0 Å². The molecular formula is C32H30F5N9O. The second-order valence-corrected chi connectivity index (χ2v) is 11.9. The molecular weight excluding hydrogens is 621 g/mol. The third-order valence-corrected chi connectivity index (χ3v) is 8.38. The molecule has 1 unspecified atom stereocenters. The Labute approximate surface area is 266 Å². The smallest absolute Gasteiger partial charge is 0.369 e. The third-order valence-electron chi connectivity index (χ3n) is 8.38. The molecule has 1 atom stereocenters. The van der Waals surface area contributed by atoms with Crippen LogP contribution in [0.5, 0.6) is 0 Å². The van der Waals surface area contributed by atoms with E-state index in [9.17, 15) is 32.0 Å². The molecule has 5 heterocycles. The fraction of sp³-hybridized carbons (Fsp3) is 0.375. The van der Waals surface area contributed by atoms with E-state index in [1.165, 1.54) is 11.0 Å². The minimum atomic E-state index is -4.76. The highest BCUT2D eigenvalue weighted by molar-refractivity contribution is 6.10. The summed E-state index contributed by atoms with van der Waals surface area (Å²) in [5.41, 5.74) is 0.806. The Morgan fingerprint density at radius 3 is 2.55 bits per heavy atom. The van der Waals surface area contributed by atoms with Gasteiger partial charge in [0.1, 0.15) is 18.0 Å². The molecule has 0 radical (unpaired) electrons. The first-order valence-electron chi connectivity index (χ1n) is 14.9. The summed E-state index contributed by atoms with van der Waals surface area (Å²) >= 11 is 0. The van der Waals surface area contributed by atoms with Crippen LogP contribution < -0.4 is 10.2 Å². The molecule has 2 aliphatic rings.